The van der Waals surface area contributed by atoms with Crippen LogP contribution in [0.15, 0.2) is 18.2 Å². The van der Waals surface area contributed by atoms with E-state index in [9.17, 15) is 8.78 Å². The molecule has 1 aromatic rings. The molecule has 4 heteroatoms. The van der Waals surface area contributed by atoms with Crippen LogP contribution in [0.3, 0.4) is 0 Å². The highest BCUT2D eigenvalue weighted by Crippen LogP contribution is 2.11. The predicted octanol–water partition coefficient (Wildman–Crippen LogP) is 2.22. The molecule has 0 bridgehead atoms. The number of rotatable bonds is 6. The SMILES string of the molecule is CC(C)(CCN)NCCc1ccc(F)cc1F. The van der Waals surface area contributed by atoms with Crippen LogP contribution in [-0.4, -0.2) is 18.6 Å². The van der Waals surface area contributed by atoms with Crippen molar-refractivity contribution in [2.75, 3.05) is 13.1 Å². The molecule has 0 aliphatic rings. The van der Waals surface area contributed by atoms with Gasteiger partial charge in [-0.25, -0.2) is 8.78 Å². The second-order valence-corrected chi connectivity index (χ2v) is 4.84. The summed E-state index contributed by atoms with van der Waals surface area (Å²) in [5.41, 5.74) is 5.98. The van der Waals surface area contributed by atoms with Gasteiger partial charge in [0.25, 0.3) is 0 Å². The molecule has 0 amide bonds. The molecule has 0 aromatic heterocycles. The highest BCUT2D eigenvalue weighted by molar-refractivity contribution is 5.18. The van der Waals surface area contributed by atoms with Crippen molar-refractivity contribution in [3.05, 3.63) is 35.4 Å². The van der Waals surface area contributed by atoms with Crippen LogP contribution in [0.5, 0.6) is 0 Å². The Morgan fingerprint density at radius 3 is 2.59 bits per heavy atom. The van der Waals surface area contributed by atoms with Crippen molar-refractivity contribution < 1.29 is 8.78 Å². The summed E-state index contributed by atoms with van der Waals surface area (Å²) >= 11 is 0. The minimum absolute atomic E-state index is 0.0503. The van der Waals surface area contributed by atoms with E-state index in [0.29, 0.717) is 25.1 Å². The van der Waals surface area contributed by atoms with E-state index in [1.165, 1.54) is 12.1 Å². The van der Waals surface area contributed by atoms with Gasteiger partial charge < -0.3 is 11.1 Å². The van der Waals surface area contributed by atoms with E-state index in [0.717, 1.165) is 12.5 Å². The lowest BCUT2D eigenvalue weighted by molar-refractivity contribution is 0.369. The second-order valence-electron chi connectivity index (χ2n) is 4.84. The summed E-state index contributed by atoms with van der Waals surface area (Å²) < 4.78 is 26.0. The Hall–Kier alpha value is -1.00. The number of hydrogen-bond acceptors (Lipinski definition) is 2. The topological polar surface area (TPSA) is 38.0 Å². The Kier molecular flexibility index (Phi) is 5.02. The predicted molar refractivity (Wildman–Crippen MR) is 65.8 cm³/mol. The van der Waals surface area contributed by atoms with Gasteiger partial charge in [0.05, 0.1) is 0 Å². The summed E-state index contributed by atoms with van der Waals surface area (Å²) in [6.07, 6.45) is 1.40. The van der Waals surface area contributed by atoms with Crippen molar-refractivity contribution in [1.29, 1.82) is 0 Å². The van der Waals surface area contributed by atoms with Crippen molar-refractivity contribution in [3.63, 3.8) is 0 Å². The summed E-state index contributed by atoms with van der Waals surface area (Å²) in [5.74, 6) is -1.02. The van der Waals surface area contributed by atoms with Gasteiger partial charge in [-0.15, -0.1) is 0 Å². The average Bonchev–Trinajstić information content (AvgIpc) is 2.21. The Balaban J connectivity index is 2.46. The molecular weight excluding hydrogens is 222 g/mol. The summed E-state index contributed by atoms with van der Waals surface area (Å²) in [4.78, 5) is 0. The maximum Gasteiger partial charge on any atom is 0.129 e. The van der Waals surface area contributed by atoms with Gasteiger partial charge in [0.1, 0.15) is 11.6 Å². The van der Waals surface area contributed by atoms with Crippen molar-refractivity contribution in [2.24, 2.45) is 5.73 Å². The third-order valence-corrected chi connectivity index (χ3v) is 2.78. The first-order valence-electron chi connectivity index (χ1n) is 5.83. The Morgan fingerprint density at radius 1 is 1.29 bits per heavy atom. The molecule has 0 unspecified atom stereocenters. The van der Waals surface area contributed by atoms with E-state index in [-0.39, 0.29) is 5.54 Å². The van der Waals surface area contributed by atoms with Gasteiger partial charge in [0.2, 0.25) is 0 Å². The number of halogens is 2. The highest BCUT2D eigenvalue weighted by Gasteiger charge is 2.15. The Bertz CT molecular complexity index is 364. The standard InChI is InChI=1S/C13H20F2N2/c1-13(2,6-7-16)17-8-5-10-3-4-11(14)9-12(10)15/h3-4,9,17H,5-8,16H2,1-2H3. The molecule has 0 heterocycles. The monoisotopic (exact) mass is 242 g/mol. The summed E-state index contributed by atoms with van der Waals surface area (Å²) in [6.45, 7) is 5.38. The molecule has 0 radical (unpaired) electrons. The van der Waals surface area contributed by atoms with E-state index < -0.39 is 11.6 Å². The molecule has 96 valence electrons. The van der Waals surface area contributed by atoms with Crippen molar-refractivity contribution in [3.8, 4) is 0 Å². The molecule has 0 saturated heterocycles. The summed E-state index contributed by atoms with van der Waals surface area (Å²) in [6, 6.07) is 3.69. The molecule has 1 rings (SSSR count). The molecule has 0 spiro atoms. The first-order valence-corrected chi connectivity index (χ1v) is 5.83. The molecule has 0 aliphatic carbocycles. The zero-order valence-electron chi connectivity index (χ0n) is 10.4. The molecule has 17 heavy (non-hydrogen) atoms. The third kappa shape index (κ3) is 4.79. The van der Waals surface area contributed by atoms with Crippen molar-refractivity contribution in [2.45, 2.75) is 32.2 Å². The van der Waals surface area contributed by atoms with Crippen LogP contribution in [0.25, 0.3) is 0 Å². The number of nitrogens with one attached hydrogen (secondary N) is 1. The maximum absolute atomic E-state index is 13.3. The second kappa shape index (κ2) is 6.07. The summed E-state index contributed by atoms with van der Waals surface area (Å²) in [5, 5.41) is 3.31. The van der Waals surface area contributed by atoms with Crippen LogP contribution < -0.4 is 11.1 Å². The Labute approximate surface area is 101 Å². The molecular formula is C13H20F2N2. The maximum atomic E-state index is 13.3. The van der Waals surface area contributed by atoms with E-state index in [1.807, 2.05) is 0 Å². The lowest BCUT2D eigenvalue weighted by atomic mass is 10.0. The van der Waals surface area contributed by atoms with Crippen LogP contribution in [0.2, 0.25) is 0 Å². The van der Waals surface area contributed by atoms with Gasteiger partial charge in [0, 0.05) is 11.6 Å². The molecule has 1 aromatic carbocycles. The molecule has 2 nitrogen and oxygen atoms in total. The summed E-state index contributed by atoms with van der Waals surface area (Å²) in [7, 11) is 0. The molecule has 0 fully saturated rings. The fourth-order valence-corrected chi connectivity index (χ4v) is 1.71. The Morgan fingerprint density at radius 2 is 2.00 bits per heavy atom. The van der Waals surface area contributed by atoms with Gasteiger partial charge in [-0.2, -0.15) is 0 Å². The van der Waals surface area contributed by atoms with Crippen LogP contribution >= 0.6 is 0 Å². The zero-order valence-corrected chi connectivity index (χ0v) is 10.4. The quantitative estimate of drug-likeness (QED) is 0.802. The van der Waals surface area contributed by atoms with Gasteiger partial charge in [-0.3, -0.25) is 0 Å². The normalized spacial score (nSPS) is 11.8. The van der Waals surface area contributed by atoms with Crippen LogP contribution in [0.1, 0.15) is 25.8 Å². The number of hydrogen-bond donors (Lipinski definition) is 2. The van der Waals surface area contributed by atoms with E-state index >= 15 is 0 Å². The van der Waals surface area contributed by atoms with Crippen LogP contribution in [-0.2, 0) is 6.42 Å². The average molecular weight is 242 g/mol. The lowest BCUT2D eigenvalue weighted by Gasteiger charge is -2.25. The first-order chi connectivity index (χ1) is 7.94. The van der Waals surface area contributed by atoms with Gasteiger partial charge in [0.15, 0.2) is 0 Å². The van der Waals surface area contributed by atoms with Crippen LogP contribution in [0.4, 0.5) is 8.78 Å². The minimum Gasteiger partial charge on any atom is -0.330 e. The molecule has 0 aliphatic heterocycles. The molecule has 3 N–H and O–H groups in total. The number of benzene rings is 1. The van der Waals surface area contributed by atoms with Crippen molar-refractivity contribution in [1.82, 2.24) is 5.32 Å². The van der Waals surface area contributed by atoms with E-state index in [1.54, 1.807) is 0 Å². The van der Waals surface area contributed by atoms with Crippen molar-refractivity contribution >= 4 is 0 Å². The smallest absolute Gasteiger partial charge is 0.129 e. The van der Waals surface area contributed by atoms with Crippen LogP contribution in [0, 0.1) is 11.6 Å². The highest BCUT2D eigenvalue weighted by atomic mass is 19.1. The third-order valence-electron chi connectivity index (χ3n) is 2.78. The minimum atomic E-state index is -0.539. The lowest BCUT2D eigenvalue weighted by Crippen LogP contribution is -2.42. The molecule has 0 saturated carbocycles. The first kappa shape index (κ1) is 14.1. The van der Waals surface area contributed by atoms with E-state index in [4.69, 9.17) is 5.73 Å². The fourth-order valence-electron chi connectivity index (χ4n) is 1.71. The van der Waals surface area contributed by atoms with Gasteiger partial charge in [-0.1, -0.05) is 6.07 Å². The largest absolute Gasteiger partial charge is 0.330 e. The molecule has 0 atom stereocenters. The van der Waals surface area contributed by atoms with E-state index in [2.05, 4.69) is 19.2 Å². The van der Waals surface area contributed by atoms with Gasteiger partial charge in [-0.05, 0) is 51.4 Å². The number of nitrogens with two attached hydrogens (primary N) is 1. The fraction of sp³-hybridized carbons (Fsp3) is 0.538. The zero-order chi connectivity index (χ0) is 12.9. The van der Waals surface area contributed by atoms with Gasteiger partial charge >= 0.3 is 0 Å².